The number of aliphatic carboxylic acids is 1. The highest BCUT2D eigenvalue weighted by molar-refractivity contribution is 5.73. The second kappa shape index (κ2) is 16.4. The first-order valence-electron chi connectivity index (χ1n) is 22.2. The minimum Gasteiger partial charge on any atom is -0.481 e. The van der Waals surface area contributed by atoms with Crippen LogP contribution in [0.5, 0.6) is 0 Å². The van der Waals surface area contributed by atoms with Crippen molar-refractivity contribution < 1.29 is 19.4 Å². The fraction of sp³-hybridized carbons (Fsp3) is 0.915. The number of likely N-dealkylation sites (tertiary alicyclic amines) is 1. The summed E-state index contributed by atoms with van der Waals surface area (Å²) < 4.78 is 6.30. The van der Waals surface area contributed by atoms with Gasteiger partial charge in [-0.3, -0.25) is 9.59 Å². The van der Waals surface area contributed by atoms with E-state index >= 15 is 0 Å². The molecule has 5 heteroatoms. The molecule has 5 nitrogen and oxygen atoms in total. The largest absolute Gasteiger partial charge is 0.481 e. The van der Waals surface area contributed by atoms with E-state index in [0.29, 0.717) is 34.0 Å². The Kier molecular flexibility index (Phi) is 13.7. The number of carbonyl (C=O) groups is 2. The molecule has 5 aliphatic carbocycles. The predicted molar refractivity (Wildman–Crippen MR) is 217 cm³/mol. The molecule has 1 heterocycles. The van der Waals surface area contributed by atoms with Crippen molar-refractivity contribution >= 4 is 11.9 Å². The van der Waals surface area contributed by atoms with Crippen molar-refractivity contribution in [3.05, 3.63) is 12.2 Å². The maximum atomic E-state index is 13.2. The van der Waals surface area contributed by atoms with Crippen LogP contribution in [-0.2, 0) is 14.3 Å². The van der Waals surface area contributed by atoms with Gasteiger partial charge in [-0.25, -0.2) is 0 Å². The fourth-order valence-electron chi connectivity index (χ4n) is 14.5. The number of carbonyl (C=O) groups excluding carboxylic acids is 1. The lowest BCUT2D eigenvalue weighted by Crippen LogP contribution is -2.66. The Labute approximate surface area is 321 Å². The van der Waals surface area contributed by atoms with Crippen molar-refractivity contribution in [2.45, 2.75) is 192 Å². The van der Waals surface area contributed by atoms with Gasteiger partial charge in [-0.2, -0.15) is 0 Å². The molecule has 10 atom stereocenters. The third-order valence-electron chi connectivity index (χ3n) is 17.1. The molecule has 0 aromatic carbocycles. The normalized spacial score (nSPS) is 40.9. The van der Waals surface area contributed by atoms with E-state index in [1.165, 1.54) is 102 Å². The van der Waals surface area contributed by atoms with Crippen molar-refractivity contribution in [1.29, 1.82) is 0 Å². The molecule has 0 aromatic heterocycles. The molecule has 1 saturated heterocycles. The SMILES string of the molecule is C=C(C)[C@@H]1CC[C@]2(CCN3CCCCC3)CC[C@]3(C)[C@H](CCC4[C@@]5(C)CCC(OC(=O)CC(C)(C)CC(=O)O)C(C)(C)C5CC[C@]43C)C12.CC.CC. The van der Waals surface area contributed by atoms with Crippen LogP contribution in [-0.4, -0.2) is 47.7 Å². The summed E-state index contributed by atoms with van der Waals surface area (Å²) in [6.07, 6.45) is 18.4. The van der Waals surface area contributed by atoms with Gasteiger partial charge in [0.2, 0.25) is 0 Å². The Hall–Kier alpha value is -1.36. The lowest BCUT2D eigenvalue weighted by Gasteiger charge is -2.73. The van der Waals surface area contributed by atoms with Gasteiger partial charge in [0.15, 0.2) is 0 Å². The van der Waals surface area contributed by atoms with E-state index in [1.54, 1.807) is 0 Å². The van der Waals surface area contributed by atoms with Gasteiger partial charge < -0.3 is 14.7 Å². The lowest BCUT2D eigenvalue weighted by atomic mass is 9.32. The molecule has 6 fully saturated rings. The van der Waals surface area contributed by atoms with E-state index in [1.807, 2.05) is 41.5 Å². The summed E-state index contributed by atoms with van der Waals surface area (Å²) in [6, 6.07) is 0. The maximum Gasteiger partial charge on any atom is 0.306 e. The van der Waals surface area contributed by atoms with Gasteiger partial charge in [0.05, 0.1) is 12.8 Å². The number of esters is 1. The third kappa shape index (κ3) is 7.71. The summed E-state index contributed by atoms with van der Waals surface area (Å²) in [6.45, 7) is 35.5. The smallest absolute Gasteiger partial charge is 0.306 e. The van der Waals surface area contributed by atoms with E-state index in [-0.39, 0.29) is 35.7 Å². The van der Waals surface area contributed by atoms with Crippen LogP contribution >= 0.6 is 0 Å². The molecular weight excluding hydrogens is 643 g/mol. The number of carboxylic acid groups (broad SMARTS) is 1. The zero-order valence-corrected chi connectivity index (χ0v) is 36.2. The first kappa shape index (κ1) is 43.4. The summed E-state index contributed by atoms with van der Waals surface area (Å²) >= 11 is 0. The Morgan fingerprint density at radius 2 is 1.44 bits per heavy atom. The summed E-state index contributed by atoms with van der Waals surface area (Å²) in [5.41, 5.74) is 2.15. The monoisotopic (exact) mass is 726 g/mol. The zero-order chi connectivity index (χ0) is 38.9. The highest BCUT2D eigenvalue weighted by Gasteiger charge is 2.71. The number of rotatable bonds is 9. The average molecular weight is 726 g/mol. The van der Waals surface area contributed by atoms with E-state index < -0.39 is 11.4 Å². The van der Waals surface area contributed by atoms with Crippen molar-refractivity contribution in [1.82, 2.24) is 4.90 Å². The van der Waals surface area contributed by atoms with E-state index in [4.69, 9.17) is 4.74 Å². The zero-order valence-electron chi connectivity index (χ0n) is 36.2. The van der Waals surface area contributed by atoms with Gasteiger partial charge in [-0.05, 0) is 167 Å². The fourth-order valence-corrected chi connectivity index (χ4v) is 14.5. The highest BCUT2D eigenvalue weighted by atomic mass is 16.5. The Morgan fingerprint density at radius 1 is 0.788 bits per heavy atom. The number of hydrogen-bond acceptors (Lipinski definition) is 4. The standard InChI is InChI=1S/C43H71NO4.2C2H6/c1-29(2)30-15-20-43(23-26-44-24-11-10-12-25-44)22-21-41(8)31(37(30)43)13-14-33-40(7)18-17-34(39(5,6)32(40)16-19-42(33,41)9)48-36(47)28-38(3,4)27-35(45)46;2*1-2/h30-34,37H,1,10-28H2,2-9H3,(H,45,46);2*1-2H3/t30-,31+,32?,33?,34?,37?,40-,41+,42+,43+;;/m0../s1. The van der Waals surface area contributed by atoms with Crippen molar-refractivity contribution in [2.75, 3.05) is 19.6 Å². The number of allylic oxidation sites excluding steroid dienone is 1. The molecule has 6 rings (SSSR count). The molecule has 5 saturated carbocycles. The molecule has 6 aliphatic rings. The topological polar surface area (TPSA) is 66.8 Å². The molecule has 52 heavy (non-hydrogen) atoms. The van der Waals surface area contributed by atoms with Gasteiger partial charge in [-0.15, -0.1) is 0 Å². The van der Waals surface area contributed by atoms with Crippen LogP contribution in [0.15, 0.2) is 12.2 Å². The summed E-state index contributed by atoms with van der Waals surface area (Å²) in [5.74, 6) is 2.39. The number of fused-ring (bicyclic) bond motifs is 7. The minimum atomic E-state index is -0.862. The summed E-state index contributed by atoms with van der Waals surface area (Å²) in [5, 5.41) is 9.34. The molecule has 1 aliphatic heterocycles. The molecule has 0 aromatic rings. The quantitative estimate of drug-likeness (QED) is 0.189. The number of nitrogens with zero attached hydrogens (tertiary/aromatic N) is 1. The van der Waals surface area contributed by atoms with Crippen molar-refractivity contribution in [2.24, 2.45) is 62.1 Å². The first-order chi connectivity index (χ1) is 24.4. The van der Waals surface area contributed by atoms with Gasteiger partial charge in [-0.1, -0.05) is 94.7 Å². The molecule has 0 radical (unpaired) electrons. The van der Waals surface area contributed by atoms with Crippen LogP contribution < -0.4 is 0 Å². The van der Waals surface area contributed by atoms with Gasteiger partial charge in [0.1, 0.15) is 6.10 Å². The Balaban J connectivity index is 0.00000146. The van der Waals surface area contributed by atoms with Crippen LogP contribution in [0.1, 0.15) is 186 Å². The molecule has 0 amide bonds. The van der Waals surface area contributed by atoms with Crippen molar-refractivity contribution in [3.63, 3.8) is 0 Å². The van der Waals surface area contributed by atoms with Crippen molar-refractivity contribution in [3.8, 4) is 0 Å². The molecule has 0 bridgehead atoms. The van der Waals surface area contributed by atoms with E-state index in [0.717, 1.165) is 24.7 Å². The molecule has 300 valence electrons. The van der Waals surface area contributed by atoms with Crippen LogP contribution in [0.3, 0.4) is 0 Å². The highest BCUT2D eigenvalue weighted by Crippen LogP contribution is 2.78. The minimum absolute atomic E-state index is 0.0234. The lowest BCUT2D eigenvalue weighted by molar-refractivity contribution is -0.250. The van der Waals surface area contributed by atoms with E-state index in [9.17, 15) is 14.7 Å². The van der Waals surface area contributed by atoms with E-state index in [2.05, 4.69) is 53.0 Å². The first-order valence-corrected chi connectivity index (χ1v) is 22.2. The van der Waals surface area contributed by atoms with Gasteiger partial charge in [0.25, 0.3) is 0 Å². The van der Waals surface area contributed by atoms with Crippen LogP contribution in [0.2, 0.25) is 0 Å². The molecule has 1 N–H and O–H groups in total. The van der Waals surface area contributed by atoms with Gasteiger partial charge >= 0.3 is 11.9 Å². The summed E-state index contributed by atoms with van der Waals surface area (Å²) in [4.78, 5) is 27.4. The summed E-state index contributed by atoms with van der Waals surface area (Å²) in [7, 11) is 0. The van der Waals surface area contributed by atoms with Crippen LogP contribution in [0.4, 0.5) is 0 Å². The number of hydrogen-bond donors (Lipinski definition) is 1. The molecule has 0 spiro atoms. The maximum absolute atomic E-state index is 13.2. The van der Waals surface area contributed by atoms with Crippen LogP contribution in [0, 0.1) is 62.1 Å². The number of ether oxygens (including phenoxy) is 1. The predicted octanol–water partition coefficient (Wildman–Crippen LogP) is 12.4. The average Bonchev–Trinajstić information content (AvgIpc) is 3.47. The Morgan fingerprint density at radius 3 is 2.06 bits per heavy atom. The molecular formula is C47H83NO4. The Bertz CT molecular complexity index is 1250. The number of piperidine rings is 1. The third-order valence-corrected chi connectivity index (χ3v) is 17.1. The molecule has 4 unspecified atom stereocenters. The number of carboxylic acids is 1. The second-order valence-corrected chi connectivity index (χ2v) is 20.5. The van der Waals surface area contributed by atoms with Gasteiger partial charge in [0, 0.05) is 5.41 Å². The van der Waals surface area contributed by atoms with Crippen LogP contribution in [0.25, 0.3) is 0 Å². The second-order valence-electron chi connectivity index (χ2n) is 20.5.